The molecule has 0 bridgehead atoms. The van der Waals surface area contributed by atoms with Gasteiger partial charge in [-0.3, -0.25) is 14.2 Å². The first-order valence-corrected chi connectivity index (χ1v) is 10.7. The Hall–Kier alpha value is -3.15. The molecule has 4 heterocycles. The zero-order valence-corrected chi connectivity index (χ0v) is 19.3. The highest BCUT2D eigenvalue weighted by atomic mass is 79.9. The van der Waals surface area contributed by atoms with Crippen molar-refractivity contribution in [3.8, 4) is 11.3 Å². The van der Waals surface area contributed by atoms with E-state index in [4.69, 9.17) is 0 Å². The summed E-state index contributed by atoms with van der Waals surface area (Å²) in [4.78, 5) is 17.2. The molecule has 1 amide bonds. The first-order valence-electron chi connectivity index (χ1n) is 9.90. The average Bonchev–Trinajstić information content (AvgIpc) is 3.43. The molecule has 0 aromatic carbocycles. The topological polar surface area (TPSA) is 95.5 Å². The van der Waals surface area contributed by atoms with Crippen LogP contribution in [0.2, 0.25) is 0 Å². The fourth-order valence-electron chi connectivity index (χ4n) is 3.58. The minimum absolute atomic E-state index is 0.158. The second-order valence-corrected chi connectivity index (χ2v) is 8.13. The van der Waals surface area contributed by atoms with Gasteiger partial charge >= 0.3 is 0 Å². The van der Waals surface area contributed by atoms with Crippen molar-refractivity contribution in [3.63, 3.8) is 0 Å². The number of halogens is 3. The van der Waals surface area contributed by atoms with Gasteiger partial charge < -0.3 is 5.32 Å². The predicted octanol–water partition coefficient (Wildman–Crippen LogP) is 3.37. The van der Waals surface area contributed by atoms with Gasteiger partial charge in [-0.1, -0.05) is 0 Å². The number of nitrogens with zero attached hydrogens (tertiary/aromatic N) is 7. The molecular weight excluding hydrogens is 486 g/mol. The van der Waals surface area contributed by atoms with Gasteiger partial charge in [0.1, 0.15) is 6.54 Å². The summed E-state index contributed by atoms with van der Waals surface area (Å²) in [6.07, 6.45) is 2.20. The van der Waals surface area contributed by atoms with Crippen LogP contribution >= 0.6 is 15.9 Å². The van der Waals surface area contributed by atoms with Gasteiger partial charge in [-0.05, 0) is 35.8 Å². The number of aryl methyl sites for hydroxylation is 3. The number of nitrogens with one attached hydrogen (secondary N) is 1. The Morgan fingerprint density at radius 2 is 2.03 bits per heavy atom. The zero-order chi connectivity index (χ0) is 23.0. The number of fused-ring (bicyclic) bond motifs is 1. The second kappa shape index (κ2) is 8.77. The van der Waals surface area contributed by atoms with Gasteiger partial charge in [0.25, 0.3) is 6.43 Å². The summed E-state index contributed by atoms with van der Waals surface area (Å²) in [7, 11) is 1.73. The van der Waals surface area contributed by atoms with Crippen LogP contribution in [-0.2, 0) is 31.5 Å². The van der Waals surface area contributed by atoms with Gasteiger partial charge in [0.2, 0.25) is 5.91 Å². The van der Waals surface area contributed by atoms with Gasteiger partial charge in [-0.2, -0.15) is 15.3 Å². The maximum Gasteiger partial charge on any atom is 0.264 e. The smallest absolute Gasteiger partial charge is 0.264 e. The highest BCUT2D eigenvalue weighted by molar-refractivity contribution is 9.10. The number of amides is 1. The van der Waals surface area contributed by atoms with E-state index in [0.29, 0.717) is 23.5 Å². The number of carbonyl (C=O) groups excluding carboxylic acids is 1. The zero-order valence-electron chi connectivity index (χ0n) is 17.7. The van der Waals surface area contributed by atoms with Crippen molar-refractivity contribution in [2.75, 3.05) is 0 Å². The molecule has 0 saturated carbocycles. The van der Waals surface area contributed by atoms with Gasteiger partial charge in [-0.15, -0.1) is 0 Å². The predicted molar refractivity (Wildman–Crippen MR) is 117 cm³/mol. The first kappa shape index (κ1) is 22.1. The highest BCUT2D eigenvalue weighted by Crippen LogP contribution is 2.32. The van der Waals surface area contributed by atoms with E-state index in [0.717, 1.165) is 10.2 Å². The molecule has 4 aromatic heterocycles. The third kappa shape index (κ3) is 4.14. The molecule has 1 N–H and O–H groups in total. The molecule has 0 aliphatic carbocycles. The van der Waals surface area contributed by atoms with Crippen molar-refractivity contribution >= 4 is 32.9 Å². The number of carbonyl (C=O) groups is 1. The molecule has 0 radical (unpaired) electrons. The van der Waals surface area contributed by atoms with Gasteiger partial charge in [0, 0.05) is 30.9 Å². The molecule has 0 saturated heterocycles. The van der Waals surface area contributed by atoms with Crippen molar-refractivity contribution in [1.29, 1.82) is 0 Å². The van der Waals surface area contributed by atoms with E-state index in [-0.39, 0.29) is 35.6 Å². The molecule has 0 fully saturated rings. The van der Waals surface area contributed by atoms with E-state index in [2.05, 4.69) is 41.5 Å². The van der Waals surface area contributed by atoms with E-state index < -0.39 is 6.43 Å². The Labute approximate surface area is 190 Å². The minimum Gasteiger partial charge on any atom is -0.349 e. The normalized spacial score (nSPS) is 11.6. The Kier molecular flexibility index (Phi) is 6.04. The molecule has 32 heavy (non-hydrogen) atoms. The number of aromatic nitrogens is 7. The summed E-state index contributed by atoms with van der Waals surface area (Å²) in [6, 6.07) is 1.35. The molecule has 4 aromatic rings. The van der Waals surface area contributed by atoms with E-state index in [9.17, 15) is 13.6 Å². The maximum absolute atomic E-state index is 13.9. The fourth-order valence-corrected chi connectivity index (χ4v) is 4.02. The molecule has 12 heteroatoms. The average molecular weight is 507 g/mol. The maximum atomic E-state index is 13.9. The van der Waals surface area contributed by atoms with E-state index in [1.807, 2.05) is 6.92 Å². The van der Waals surface area contributed by atoms with Crippen LogP contribution in [0.5, 0.6) is 0 Å². The van der Waals surface area contributed by atoms with Crippen molar-refractivity contribution in [2.45, 2.75) is 39.9 Å². The summed E-state index contributed by atoms with van der Waals surface area (Å²) >= 11 is 3.42. The summed E-state index contributed by atoms with van der Waals surface area (Å²) in [5, 5.41) is 15.7. The largest absolute Gasteiger partial charge is 0.349 e. The van der Waals surface area contributed by atoms with Gasteiger partial charge in [-0.25, -0.2) is 18.4 Å². The van der Waals surface area contributed by atoms with E-state index in [1.54, 1.807) is 41.9 Å². The molecule has 9 nitrogen and oxygen atoms in total. The highest BCUT2D eigenvalue weighted by Gasteiger charge is 2.22. The van der Waals surface area contributed by atoms with Crippen LogP contribution in [0.4, 0.5) is 8.78 Å². The number of hydrogen-bond donors (Lipinski definition) is 1. The Bertz CT molecular complexity index is 1290. The lowest BCUT2D eigenvalue weighted by molar-refractivity contribution is -0.122. The molecule has 4 rings (SSSR count). The molecule has 168 valence electrons. The minimum atomic E-state index is -2.72. The monoisotopic (exact) mass is 506 g/mol. The molecule has 0 aliphatic rings. The van der Waals surface area contributed by atoms with Crippen molar-refractivity contribution in [3.05, 3.63) is 46.1 Å². The lowest BCUT2D eigenvalue weighted by Gasteiger charge is -2.09. The fraction of sp³-hybridized carbons (Fsp3) is 0.350. The Morgan fingerprint density at radius 3 is 2.69 bits per heavy atom. The van der Waals surface area contributed by atoms with Crippen LogP contribution in [0.25, 0.3) is 22.3 Å². The summed E-state index contributed by atoms with van der Waals surface area (Å²) in [6.45, 7) is 4.36. The lowest BCUT2D eigenvalue weighted by Crippen LogP contribution is -2.28. The van der Waals surface area contributed by atoms with E-state index in [1.165, 1.54) is 10.7 Å². The Morgan fingerprint density at radius 1 is 1.25 bits per heavy atom. The van der Waals surface area contributed by atoms with Crippen LogP contribution in [-0.4, -0.2) is 40.2 Å². The van der Waals surface area contributed by atoms with Crippen molar-refractivity contribution < 1.29 is 13.6 Å². The number of hydrogen-bond acceptors (Lipinski definition) is 5. The molecule has 0 unspecified atom stereocenters. The summed E-state index contributed by atoms with van der Waals surface area (Å²) in [5.41, 5.74) is 2.23. The summed E-state index contributed by atoms with van der Waals surface area (Å²) < 4.78 is 33.2. The third-order valence-corrected chi connectivity index (χ3v) is 5.75. The number of rotatable bonds is 7. The van der Waals surface area contributed by atoms with Crippen molar-refractivity contribution in [2.24, 2.45) is 7.05 Å². The third-order valence-electron chi connectivity index (χ3n) is 5.09. The van der Waals surface area contributed by atoms with E-state index >= 15 is 0 Å². The molecular formula is C20H21BrF2N8O. The van der Waals surface area contributed by atoms with Crippen LogP contribution < -0.4 is 5.32 Å². The lowest BCUT2D eigenvalue weighted by atomic mass is 10.1. The first-order chi connectivity index (χ1) is 15.3. The van der Waals surface area contributed by atoms with Crippen LogP contribution in [0.3, 0.4) is 0 Å². The quantitative estimate of drug-likeness (QED) is 0.414. The van der Waals surface area contributed by atoms with Gasteiger partial charge in [0.05, 0.1) is 45.9 Å². The standard InChI is InChI=1S/C20H21BrF2N8O/c1-4-30-16(14(21)7-26-30)8-24-17(32)10-31-20-18(11(2)28-31)13(19(22)23)5-15(27-20)12-6-25-29(3)9-12/h5-7,9,19H,4,8,10H2,1-3H3,(H,24,32). The SMILES string of the molecule is CCn1ncc(Br)c1CNC(=O)Cn1nc(C)c2c(C(F)F)cc(-c3cnn(C)c3)nc21. The molecule has 0 aliphatic heterocycles. The second-order valence-electron chi connectivity index (χ2n) is 7.27. The Balaban J connectivity index is 1.65. The molecule has 0 atom stereocenters. The summed E-state index contributed by atoms with van der Waals surface area (Å²) in [5.74, 6) is -0.322. The molecule has 0 spiro atoms. The van der Waals surface area contributed by atoms with Crippen LogP contribution in [0.15, 0.2) is 29.1 Å². The number of alkyl halides is 2. The number of pyridine rings is 1. The van der Waals surface area contributed by atoms with Crippen molar-refractivity contribution in [1.82, 2.24) is 39.6 Å². The van der Waals surface area contributed by atoms with Crippen LogP contribution in [0.1, 0.15) is 30.3 Å². The van der Waals surface area contributed by atoms with Crippen LogP contribution in [0, 0.1) is 6.92 Å². The van der Waals surface area contributed by atoms with Gasteiger partial charge in [0.15, 0.2) is 5.65 Å².